The molecule has 3 fully saturated rings. The molecule has 1 aliphatic carbocycles. The monoisotopic (exact) mass is 494 g/mol. The molecule has 2 unspecified atom stereocenters. The van der Waals surface area contributed by atoms with Crippen LogP contribution in [0.25, 0.3) is 0 Å². The predicted octanol–water partition coefficient (Wildman–Crippen LogP) is 2.63. The Labute approximate surface area is 211 Å². The summed E-state index contributed by atoms with van der Waals surface area (Å²) in [6, 6.07) is 13.3. The van der Waals surface area contributed by atoms with Gasteiger partial charge in [-0.15, -0.1) is 11.3 Å². The Morgan fingerprint density at radius 3 is 2.57 bits per heavy atom. The summed E-state index contributed by atoms with van der Waals surface area (Å²) in [6.07, 6.45) is 3.97. The molecule has 1 aromatic carbocycles. The molecule has 2 atom stereocenters. The minimum absolute atomic E-state index is 0.00757. The second-order valence-corrected chi connectivity index (χ2v) is 10.8. The van der Waals surface area contributed by atoms with E-state index in [0.29, 0.717) is 37.5 Å². The maximum absolute atomic E-state index is 13.7. The summed E-state index contributed by atoms with van der Waals surface area (Å²) in [5.74, 6) is 0.162. The van der Waals surface area contributed by atoms with Crippen molar-refractivity contribution in [3.63, 3.8) is 0 Å². The number of likely N-dealkylation sites (tertiary alicyclic amines) is 1. The molecule has 1 N–H and O–H groups in total. The van der Waals surface area contributed by atoms with Crippen molar-refractivity contribution >= 4 is 29.1 Å². The van der Waals surface area contributed by atoms with Crippen LogP contribution in [0.1, 0.15) is 40.9 Å². The summed E-state index contributed by atoms with van der Waals surface area (Å²) in [5, 5.41) is 5.27. The average Bonchev–Trinajstić information content (AvgIpc) is 3.52. The fourth-order valence-corrected chi connectivity index (χ4v) is 5.92. The number of amides is 3. The molecule has 186 valence electrons. The van der Waals surface area contributed by atoms with Crippen molar-refractivity contribution in [1.29, 1.82) is 0 Å². The number of hydrogen-bond donors (Lipinski definition) is 1. The standard InChI is InChI=1S/C27H34N4O3S/c32-25(21-9-10-21)31-19-22(18-23(31)26(33)29-14-5-12-28-13-16-29)30(27(34)24-8-4-17-35-24)15-11-20-6-2-1-3-7-20/h1-4,6-8,17,21-23,28H,5,9-16,18-19H2. The molecule has 1 aromatic heterocycles. The summed E-state index contributed by atoms with van der Waals surface area (Å²) in [5.41, 5.74) is 1.17. The van der Waals surface area contributed by atoms with Crippen molar-refractivity contribution in [2.45, 2.75) is 44.2 Å². The van der Waals surface area contributed by atoms with Crippen molar-refractivity contribution in [2.75, 3.05) is 39.3 Å². The average molecular weight is 495 g/mol. The van der Waals surface area contributed by atoms with Gasteiger partial charge < -0.3 is 20.0 Å². The second-order valence-electron chi connectivity index (χ2n) is 9.81. The quantitative estimate of drug-likeness (QED) is 0.642. The second kappa shape index (κ2) is 10.9. The lowest BCUT2D eigenvalue weighted by Crippen LogP contribution is -2.49. The first-order valence-electron chi connectivity index (χ1n) is 12.8. The van der Waals surface area contributed by atoms with Gasteiger partial charge in [-0.05, 0) is 55.7 Å². The van der Waals surface area contributed by atoms with Crippen LogP contribution in [0.5, 0.6) is 0 Å². The highest BCUT2D eigenvalue weighted by Gasteiger charge is 2.47. The minimum atomic E-state index is -0.485. The maximum Gasteiger partial charge on any atom is 0.264 e. The molecule has 0 bridgehead atoms. The lowest BCUT2D eigenvalue weighted by molar-refractivity contribution is -0.144. The number of carbonyl (C=O) groups excluding carboxylic acids is 3. The van der Waals surface area contributed by atoms with Crippen LogP contribution in [-0.2, 0) is 16.0 Å². The van der Waals surface area contributed by atoms with Gasteiger partial charge in [-0.25, -0.2) is 0 Å². The minimum Gasteiger partial charge on any atom is -0.340 e. The highest BCUT2D eigenvalue weighted by Crippen LogP contribution is 2.35. The molecule has 3 amide bonds. The summed E-state index contributed by atoms with van der Waals surface area (Å²) >= 11 is 1.44. The van der Waals surface area contributed by atoms with E-state index in [0.717, 1.165) is 38.8 Å². The van der Waals surface area contributed by atoms with E-state index in [9.17, 15) is 14.4 Å². The van der Waals surface area contributed by atoms with Crippen LogP contribution in [0, 0.1) is 5.92 Å². The number of hydrogen-bond acceptors (Lipinski definition) is 5. The van der Waals surface area contributed by atoms with Gasteiger partial charge in [0.05, 0.1) is 10.9 Å². The molecule has 2 aromatic rings. The van der Waals surface area contributed by atoms with Crippen LogP contribution in [-0.4, -0.2) is 83.8 Å². The molecule has 2 aliphatic heterocycles. The number of benzene rings is 1. The summed E-state index contributed by atoms with van der Waals surface area (Å²) < 4.78 is 0. The van der Waals surface area contributed by atoms with Crippen LogP contribution in [0.15, 0.2) is 47.8 Å². The fourth-order valence-electron chi connectivity index (χ4n) is 5.24. The fraction of sp³-hybridized carbons (Fsp3) is 0.519. The van der Waals surface area contributed by atoms with E-state index in [1.807, 2.05) is 45.5 Å². The van der Waals surface area contributed by atoms with Crippen LogP contribution in [0.2, 0.25) is 0 Å². The van der Waals surface area contributed by atoms with Gasteiger partial charge in [0.25, 0.3) is 5.91 Å². The van der Waals surface area contributed by atoms with Crippen LogP contribution in [0.4, 0.5) is 0 Å². The van der Waals surface area contributed by atoms with Gasteiger partial charge in [-0.2, -0.15) is 0 Å². The number of nitrogens with zero attached hydrogens (tertiary/aromatic N) is 3. The number of carbonyl (C=O) groups is 3. The van der Waals surface area contributed by atoms with E-state index in [-0.39, 0.29) is 29.7 Å². The van der Waals surface area contributed by atoms with Gasteiger partial charge >= 0.3 is 0 Å². The first kappa shape index (κ1) is 24.0. The van der Waals surface area contributed by atoms with E-state index in [2.05, 4.69) is 17.4 Å². The van der Waals surface area contributed by atoms with Crippen molar-refractivity contribution in [3.05, 3.63) is 58.3 Å². The van der Waals surface area contributed by atoms with Crippen LogP contribution < -0.4 is 5.32 Å². The van der Waals surface area contributed by atoms with E-state index in [1.54, 1.807) is 4.90 Å². The molecule has 5 rings (SSSR count). The van der Waals surface area contributed by atoms with Crippen LogP contribution >= 0.6 is 11.3 Å². The first-order valence-corrected chi connectivity index (χ1v) is 13.7. The molecule has 7 nitrogen and oxygen atoms in total. The maximum atomic E-state index is 13.7. The van der Waals surface area contributed by atoms with E-state index in [4.69, 9.17) is 0 Å². The van der Waals surface area contributed by atoms with Gasteiger partial charge in [0.1, 0.15) is 6.04 Å². The van der Waals surface area contributed by atoms with Crippen molar-refractivity contribution in [2.24, 2.45) is 5.92 Å². The Kier molecular flexibility index (Phi) is 7.48. The smallest absolute Gasteiger partial charge is 0.264 e. The van der Waals surface area contributed by atoms with Gasteiger partial charge in [-0.1, -0.05) is 36.4 Å². The van der Waals surface area contributed by atoms with Crippen LogP contribution in [0.3, 0.4) is 0 Å². The summed E-state index contributed by atoms with van der Waals surface area (Å²) in [6.45, 7) is 4.06. The zero-order chi connectivity index (χ0) is 24.2. The van der Waals surface area contributed by atoms with Crippen molar-refractivity contribution in [1.82, 2.24) is 20.0 Å². The van der Waals surface area contributed by atoms with Crippen molar-refractivity contribution < 1.29 is 14.4 Å². The number of thiophene rings is 1. The molecule has 0 radical (unpaired) electrons. The molecule has 1 saturated carbocycles. The third-order valence-electron chi connectivity index (χ3n) is 7.34. The highest BCUT2D eigenvalue weighted by atomic mass is 32.1. The van der Waals surface area contributed by atoms with E-state index in [1.165, 1.54) is 16.9 Å². The molecule has 35 heavy (non-hydrogen) atoms. The molecule has 3 heterocycles. The first-order chi connectivity index (χ1) is 17.1. The summed E-state index contributed by atoms with van der Waals surface area (Å²) in [7, 11) is 0. The molecular formula is C27H34N4O3S. The Balaban J connectivity index is 1.38. The molecule has 3 aliphatic rings. The zero-order valence-electron chi connectivity index (χ0n) is 20.1. The van der Waals surface area contributed by atoms with Crippen molar-refractivity contribution in [3.8, 4) is 0 Å². The van der Waals surface area contributed by atoms with Gasteiger partial charge in [0.2, 0.25) is 11.8 Å². The molecule has 0 spiro atoms. The van der Waals surface area contributed by atoms with Gasteiger partial charge in [-0.3, -0.25) is 14.4 Å². The lowest BCUT2D eigenvalue weighted by Gasteiger charge is -2.29. The summed E-state index contributed by atoms with van der Waals surface area (Å²) in [4.78, 5) is 46.8. The largest absolute Gasteiger partial charge is 0.340 e. The molecule has 2 saturated heterocycles. The highest BCUT2D eigenvalue weighted by molar-refractivity contribution is 7.12. The number of rotatable bonds is 7. The Bertz CT molecular complexity index is 1020. The zero-order valence-corrected chi connectivity index (χ0v) is 20.9. The Hall–Kier alpha value is -2.71. The predicted molar refractivity (Wildman–Crippen MR) is 136 cm³/mol. The third kappa shape index (κ3) is 5.59. The Morgan fingerprint density at radius 1 is 1.00 bits per heavy atom. The topological polar surface area (TPSA) is 73.0 Å². The van der Waals surface area contributed by atoms with Gasteiger partial charge in [0.15, 0.2) is 0 Å². The Morgan fingerprint density at radius 2 is 1.83 bits per heavy atom. The SMILES string of the molecule is O=C(C1CC(N(CCc2ccccc2)C(=O)c2cccs2)CN1C(=O)C1CC1)N1CCCNCC1. The van der Waals surface area contributed by atoms with E-state index >= 15 is 0 Å². The molecular weight excluding hydrogens is 460 g/mol. The number of nitrogens with one attached hydrogen (secondary N) is 1. The normalized spacial score (nSPS) is 22.6. The van der Waals surface area contributed by atoms with E-state index < -0.39 is 6.04 Å². The van der Waals surface area contributed by atoms with Gasteiger partial charge in [0, 0.05) is 38.6 Å². The lowest BCUT2D eigenvalue weighted by atomic mass is 10.1. The molecule has 8 heteroatoms. The third-order valence-corrected chi connectivity index (χ3v) is 8.20.